The van der Waals surface area contributed by atoms with Gasteiger partial charge in [0.1, 0.15) is 17.1 Å². The lowest BCUT2D eigenvalue weighted by atomic mass is 10.1. The fraction of sp³-hybridized carbons (Fsp3) is 0. The van der Waals surface area contributed by atoms with Gasteiger partial charge < -0.3 is 24.8 Å². The van der Waals surface area contributed by atoms with Gasteiger partial charge in [-0.05, 0) is 30.3 Å². The largest absolute Gasteiger partial charge is 0.508 e. The molecule has 0 aliphatic carbocycles. The highest BCUT2D eigenvalue weighted by molar-refractivity contribution is 5.80. The van der Waals surface area contributed by atoms with Crippen molar-refractivity contribution in [2.24, 2.45) is 0 Å². The van der Waals surface area contributed by atoms with E-state index in [0.29, 0.717) is 0 Å². The molecule has 3 aromatic rings. The summed E-state index contributed by atoms with van der Waals surface area (Å²) in [7, 11) is 0. The van der Waals surface area contributed by atoms with Gasteiger partial charge in [-0.1, -0.05) is 0 Å². The summed E-state index contributed by atoms with van der Waals surface area (Å²) in [6, 6.07) is 7.61. The molecule has 106 valence electrons. The number of aromatic hydroxyl groups is 4. The Kier molecular flexibility index (Phi) is 2.72. The van der Waals surface area contributed by atoms with Gasteiger partial charge in [-0.2, -0.15) is 0 Å². The Morgan fingerprint density at radius 2 is 1.52 bits per heavy atom. The van der Waals surface area contributed by atoms with Crippen molar-refractivity contribution >= 4 is 11.0 Å². The van der Waals surface area contributed by atoms with Gasteiger partial charge in [-0.15, -0.1) is 0 Å². The summed E-state index contributed by atoms with van der Waals surface area (Å²) in [6.45, 7) is 0. The second-order valence-electron chi connectivity index (χ2n) is 4.52. The number of hydrogen-bond donors (Lipinski definition) is 4. The molecule has 3 rings (SSSR count). The Balaban J connectivity index is 2.27. The summed E-state index contributed by atoms with van der Waals surface area (Å²) in [5, 5.41) is 37.9. The summed E-state index contributed by atoms with van der Waals surface area (Å²) in [6.07, 6.45) is 0. The van der Waals surface area contributed by atoms with Crippen molar-refractivity contribution in [2.75, 3.05) is 0 Å². The van der Waals surface area contributed by atoms with Crippen LogP contribution in [0.5, 0.6) is 23.0 Å². The first-order valence-corrected chi connectivity index (χ1v) is 5.98. The number of fused-ring (bicyclic) bond motifs is 1. The number of phenols is 4. The van der Waals surface area contributed by atoms with Crippen LogP contribution in [0.2, 0.25) is 0 Å². The van der Waals surface area contributed by atoms with Gasteiger partial charge in [-0.3, -0.25) is 4.79 Å². The average molecular weight is 286 g/mol. The van der Waals surface area contributed by atoms with Gasteiger partial charge in [-0.25, -0.2) is 0 Å². The maximum atomic E-state index is 12.0. The van der Waals surface area contributed by atoms with Crippen LogP contribution in [0.15, 0.2) is 45.6 Å². The minimum Gasteiger partial charge on any atom is -0.508 e. The van der Waals surface area contributed by atoms with Crippen LogP contribution in [0.25, 0.3) is 22.3 Å². The smallest absolute Gasteiger partial charge is 0.200 e. The topological polar surface area (TPSA) is 111 Å². The van der Waals surface area contributed by atoms with Crippen molar-refractivity contribution in [3.63, 3.8) is 0 Å². The standard InChI is InChI=1S/C15H10O6/c16-8-1-2-13-9(5-8)10(17)6-14(21-13)7-3-11(18)15(20)12(19)4-7/h1-6,16,18-20H. The van der Waals surface area contributed by atoms with E-state index in [2.05, 4.69) is 0 Å². The summed E-state index contributed by atoms with van der Waals surface area (Å²) < 4.78 is 5.52. The molecule has 1 heterocycles. The van der Waals surface area contributed by atoms with Crippen molar-refractivity contribution in [1.29, 1.82) is 0 Å². The SMILES string of the molecule is O=c1cc(-c2cc(O)c(O)c(O)c2)oc2ccc(O)cc12. The molecule has 1 aromatic heterocycles. The predicted molar refractivity (Wildman–Crippen MR) is 74.6 cm³/mol. The van der Waals surface area contributed by atoms with Crippen molar-refractivity contribution < 1.29 is 24.8 Å². The number of hydrogen-bond acceptors (Lipinski definition) is 6. The second-order valence-corrected chi connectivity index (χ2v) is 4.52. The highest BCUT2D eigenvalue weighted by atomic mass is 16.3. The van der Waals surface area contributed by atoms with Crippen LogP contribution in [0, 0.1) is 0 Å². The molecule has 0 fully saturated rings. The third-order valence-electron chi connectivity index (χ3n) is 3.06. The molecular formula is C15H10O6. The zero-order valence-corrected chi connectivity index (χ0v) is 10.6. The van der Waals surface area contributed by atoms with E-state index >= 15 is 0 Å². The maximum Gasteiger partial charge on any atom is 0.200 e. The number of phenolic OH excluding ortho intramolecular Hbond substituents is 4. The van der Waals surface area contributed by atoms with E-state index in [4.69, 9.17) is 4.42 Å². The molecule has 0 aliphatic rings. The highest BCUT2D eigenvalue weighted by Gasteiger charge is 2.13. The summed E-state index contributed by atoms with van der Waals surface area (Å²) in [5.41, 5.74) is 0.103. The maximum absolute atomic E-state index is 12.0. The monoisotopic (exact) mass is 286 g/mol. The van der Waals surface area contributed by atoms with E-state index in [0.717, 1.165) is 0 Å². The predicted octanol–water partition coefficient (Wildman–Crippen LogP) is 2.28. The molecule has 0 saturated heterocycles. The molecule has 0 aliphatic heterocycles. The van der Waals surface area contributed by atoms with Crippen LogP contribution in [-0.4, -0.2) is 20.4 Å². The Hall–Kier alpha value is -3.15. The van der Waals surface area contributed by atoms with Gasteiger partial charge in [0.2, 0.25) is 0 Å². The van der Waals surface area contributed by atoms with E-state index in [1.165, 1.54) is 36.4 Å². The van der Waals surface area contributed by atoms with Gasteiger partial charge in [0, 0.05) is 11.6 Å². The lowest BCUT2D eigenvalue weighted by Crippen LogP contribution is -2.00. The van der Waals surface area contributed by atoms with Gasteiger partial charge in [0.15, 0.2) is 22.7 Å². The van der Waals surface area contributed by atoms with Gasteiger partial charge in [0.05, 0.1) is 5.39 Å². The lowest BCUT2D eigenvalue weighted by Gasteiger charge is -2.06. The minimum atomic E-state index is -0.646. The third-order valence-corrected chi connectivity index (χ3v) is 3.06. The number of benzene rings is 2. The molecule has 0 amide bonds. The van der Waals surface area contributed by atoms with E-state index < -0.39 is 17.2 Å². The molecule has 6 nitrogen and oxygen atoms in total. The summed E-state index contributed by atoms with van der Waals surface area (Å²) in [4.78, 5) is 12.0. The molecule has 0 atom stereocenters. The first kappa shape index (κ1) is 12.9. The number of rotatable bonds is 1. The van der Waals surface area contributed by atoms with Crippen LogP contribution < -0.4 is 5.43 Å². The van der Waals surface area contributed by atoms with Crippen LogP contribution in [0.1, 0.15) is 0 Å². The summed E-state index contributed by atoms with van der Waals surface area (Å²) in [5.74, 6) is -1.64. The molecule has 0 radical (unpaired) electrons. The Bertz CT molecular complexity index is 887. The molecule has 4 N–H and O–H groups in total. The highest BCUT2D eigenvalue weighted by Crippen LogP contribution is 2.39. The Morgan fingerprint density at radius 1 is 0.857 bits per heavy atom. The van der Waals surface area contributed by atoms with Gasteiger partial charge >= 0.3 is 0 Å². The average Bonchev–Trinajstić information content (AvgIpc) is 2.44. The summed E-state index contributed by atoms with van der Waals surface area (Å²) >= 11 is 0. The minimum absolute atomic E-state index is 0.0533. The molecule has 0 saturated carbocycles. The first-order chi connectivity index (χ1) is 9.95. The zero-order chi connectivity index (χ0) is 15.1. The van der Waals surface area contributed by atoms with E-state index in [1.54, 1.807) is 0 Å². The molecule has 0 unspecified atom stereocenters. The third kappa shape index (κ3) is 2.12. The van der Waals surface area contributed by atoms with Crippen LogP contribution >= 0.6 is 0 Å². The molecule has 0 spiro atoms. The Labute approximate surface area is 117 Å². The van der Waals surface area contributed by atoms with Crippen LogP contribution in [0.3, 0.4) is 0 Å². The molecule has 0 bridgehead atoms. The van der Waals surface area contributed by atoms with Gasteiger partial charge in [0.25, 0.3) is 0 Å². The fourth-order valence-electron chi connectivity index (χ4n) is 2.03. The van der Waals surface area contributed by atoms with Crippen molar-refractivity contribution in [1.82, 2.24) is 0 Å². The quantitative estimate of drug-likeness (QED) is 0.511. The van der Waals surface area contributed by atoms with E-state index in [1.807, 2.05) is 0 Å². The zero-order valence-electron chi connectivity index (χ0n) is 10.6. The van der Waals surface area contributed by atoms with Crippen molar-refractivity contribution in [2.45, 2.75) is 0 Å². The van der Waals surface area contributed by atoms with Crippen molar-refractivity contribution in [3.8, 4) is 34.3 Å². The Morgan fingerprint density at radius 3 is 2.19 bits per heavy atom. The lowest BCUT2D eigenvalue weighted by molar-refractivity contribution is 0.368. The van der Waals surface area contributed by atoms with Crippen LogP contribution in [-0.2, 0) is 0 Å². The first-order valence-electron chi connectivity index (χ1n) is 5.98. The van der Waals surface area contributed by atoms with E-state index in [-0.39, 0.29) is 33.5 Å². The molecule has 6 heteroatoms. The van der Waals surface area contributed by atoms with Crippen LogP contribution in [0.4, 0.5) is 0 Å². The van der Waals surface area contributed by atoms with Crippen molar-refractivity contribution in [3.05, 3.63) is 46.6 Å². The second kappa shape index (κ2) is 4.45. The molecule has 21 heavy (non-hydrogen) atoms. The normalized spacial score (nSPS) is 10.9. The fourth-order valence-corrected chi connectivity index (χ4v) is 2.03. The molecular weight excluding hydrogens is 276 g/mol. The molecule has 2 aromatic carbocycles. The van der Waals surface area contributed by atoms with E-state index in [9.17, 15) is 25.2 Å².